The lowest BCUT2D eigenvalue weighted by Gasteiger charge is -2.44. The van der Waals surface area contributed by atoms with Crippen LogP contribution in [0.3, 0.4) is 0 Å². The Morgan fingerprint density at radius 3 is 2.00 bits per heavy atom. The van der Waals surface area contributed by atoms with E-state index in [2.05, 4.69) is 27.7 Å². The molecule has 1 fully saturated rings. The van der Waals surface area contributed by atoms with Crippen LogP contribution in [0.15, 0.2) is 0 Å². The molecular weight excluding hydrogens is 134 g/mol. The van der Waals surface area contributed by atoms with Crippen molar-refractivity contribution in [2.24, 2.45) is 16.6 Å². The Balaban J connectivity index is 2.63. The minimum absolute atomic E-state index is 0.371. The largest absolute Gasteiger partial charge is 0.327 e. The zero-order chi connectivity index (χ0) is 8.70. The smallest absolute Gasteiger partial charge is 0.00953 e. The third-order valence-corrected chi connectivity index (χ3v) is 3.22. The van der Waals surface area contributed by atoms with Crippen molar-refractivity contribution in [3.63, 3.8) is 0 Å². The second-order valence-corrected chi connectivity index (χ2v) is 5.46. The van der Waals surface area contributed by atoms with E-state index in [0.717, 1.165) is 0 Å². The molecule has 0 aromatic carbocycles. The van der Waals surface area contributed by atoms with Crippen LogP contribution in [0.2, 0.25) is 0 Å². The summed E-state index contributed by atoms with van der Waals surface area (Å²) in [7, 11) is 0. The highest BCUT2D eigenvalue weighted by molar-refractivity contribution is 4.92. The van der Waals surface area contributed by atoms with Crippen LogP contribution in [0, 0.1) is 10.8 Å². The molecule has 0 radical (unpaired) electrons. The van der Waals surface area contributed by atoms with Gasteiger partial charge in [0.2, 0.25) is 0 Å². The first-order valence-corrected chi connectivity index (χ1v) is 4.59. The summed E-state index contributed by atoms with van der Waals surface area (Å²) in [5.74, 6) is 0. The molecule has 1 atom stereocenters. The average Bonchev–Trinajstić information content (AvgIpc) is 1.81. The standard InChI is InChI=1S/C10H21N/c1-9(2)5-6-10(3,4)8(11)7-9/h8H,5-7,11H2,1-4H3. The molecular formula is C10H21N. The molecule has 1 aliphatic rings. The Labute approximate surface area is 70.4 Å². The van der Waals surface area contributed by atoms with Crippen molar-refractivity contribution in [1.82, 2.24) is 0 Å². The summed E-state index contributed by atoms with van der Waals surface area (Å²) in [5, 5.41) is 0. The molecule has 0 aromatic heterocycles. The van der Waals surface area contributed by atoms with Crippen molar-refractivity contribution in [3.8, 4) is 0 Å². The van der Waals surface area contributed by atoms with Gasteiger partial charge in [0.15, 0.2) is 0 Å². The highest BCUT2D eigenvalue weighted by Gasteiger charge is 2.37. The maximum atomic E-state index is 6.09. The molecule has 2 N–H and O–H groups in total. The Bertz CT molecular complexity index is 147. The van der Waals surface area contributed by atoms with Crippen LogP contribution in [0.5, 0.6) is 0 Å². The summed E-state index contributed by atoms with van der Waals surface area (Å²) >= 11 is 0. The molecule has 1 rings (SSSR count). The fraction of sp³-hybridized carbons (Fsp3) is 1.00. The Morgan fingerprint density at radius 1 is 1.09 bits per heavy atom. The Morgan fingerprint density at radius 2 is 1.64 bits per heavy atom. The zero-order valence-corrected chi connectivity index (χ0v) is 8.28. The van der Waals surface area contributed by atoms with E-state index < -0.39 is 0 Å². The monoisotopic (exact) mass is 155 g/mol. The molecule has 1 saturated carbocycles. The summed E-state index contributed by atoms with van der Waals surface area (Å²) in [6, 6.07) is 0.395. The van der Waals surface area contributed by atoms with Gasteiger partial charge in [-0.3, -0.25) is 0 Å². The minimum Gasteiger partial charge on any atom is -0.327 e. The molecule has 66 valence electrons. The maximum absolute atomic E-state index is 6.09. The lowest BCUT2D eigenvalue weighted by molar-refractivity contribution is 0.104. The molecule has 0 aliphatic heterocycles. The van der Waals surface area contributed by atoms with Gasteiger partial charge in [0.1, 0.15) is 0 Å². The lowest BCUT2D eigenvalue weighted by Crippen LogP contribution is -2.45. The van der Waals surface area contributed by atoms with Gasteiger partial charge in [-0.05, 0) is 30.1 Å². The zero-order valence-electron chi connectivity index (χ0n) is 8.28. The molecule has 0 spiro atoms. The van der Waals surface area contributed by atoms with E-state index in [0.29, 0.717) is 16.9 Å². The minimum atomic E-state index is 0.371. The van der Waals surface area contributed by atoms with Gasteiger partial charge in [0, 0.05) is 6.04 Å². The molecule has 0 amide bonds. The SMILES string of the molecule is CC1(C)CCC(C)(C)C(N)C1. The Kier molecular flexibility index (Phi) is 2.04. The average molecular weight is 155 g/mol. The molecule has 1 unspecified atom stereocenters. The van der Waals surface area contributed by atoms with Crippen molar-refractivity contribution >= 4 is 0 Å². The summed E-state index contributed by atoms with van der Waals surface area (Å²) in [4.78, 5) is 0. The first kappa shape index (κ1) is 9.05. The van der Waals surface area contributed by atoms with Crippen molar-refractivity contribution < 1.29 is 0 Å². The predicted molar refractivity (Wildman–Crippen MR) is 49.4 cm³/mol. The lowest BCUT2D eigenvalue weighted by atomic mass is 9.64. The van der Waals surface area contributed by atoms with Gasteiger partial charge in [0.05, 0.1) is 0 Å². The summed E-state index contributed by atoms with van der Waals surface area (Å²) < 4.78 is 0. The van der Waals surface area contributed by atoms with Crippen LogP contribution in [0.25, 0.3) is 0 Å². The van der Waals surface area contributed by atoms with Crippen molar-refractivity contribution in [2.75, 3.05) is 0 Å². The number of hydrogen-bond acceptors (Lipinski definition) is 1. The predicted octanol–water partition coefficient (Wildman–Crippen LogP) is 2.55. The van der Waals surface area contributed by atoms with Gasteiger partial charge in [-0.15, -0.1) is 0 Å². The van der Waals surface area contributed by atoms with Gasteiger partial charge in [-0.2, -0.15) is 0 Å². The third-order valence-electron chi connectivity index (χ3n) is 3.22. The van der Waals surface area contributed by atoms with E-state index in [1.807, 2.05) is 0 Å². The third kappa shape index (κ3) is 1.96. The van der Waals surface area contributed by atoms with Gasteiger partial charge in [-0.1, -0.05) is 27.7 Å². The summed E-state index contributed by atoms with van der Waals surface area (Å²) in [5.41, 5.74) is 6.94. The highest BCUT2D eigenvalue weighted by Crippen LogP contribution is 2.43. The van der Waals surface area contributed by atoms with Gasteiger partial charge >= 0.3 is 0 Å². The highest BCUT2D eigenvalue weighted by atomic mass is 14.7. The topological polar surface area (TPSA) is 26.0 Å². The number of hydrogen-bond donors (Lipinski definition) is 1. The van der Waals surface area contributed by atoms with E-state index in [9.17, 15) is 0 Å². The van der Waals surface area contributed by atoms with Crippen molar-refractivity contribution in [2.45, 2.75) is 53.0 Å². The van der Waals surface area contributed by atoms with E-state index in [1.54, 1.807) is 0 Å². The quantitative estimate of drug-likeness (QED) is 0.571. The van der Waals surface area contributed by atoms with Crippen molar-refractivity contribution in [3.05, 3.63) is 0 Å². The molecule has 0 aromatic rings. The maximum Gasteiger partial charge on any atom is 0.00953 e. The second-order valence-electron chi connectivity index (χ2n) is 5.46. The summed E-state index contributed by atoms with van der Waals surface area (Å²) in [6.45, 7) is 9.21. The van der Waals surface area contributed by atoms with Gasteiger partial charge in [0.25, 0.3) is 0 Å². The molecule has 1 nitrogen and oxygen atoms in total. The fourth-order valence-corrected chi connectivity index (χ4v) is 1.82. The van der Waals surface area contributed by atoms with Crippen LogP contribution in [0.1, 0.15) is 47.0 Å². The van der Waals surface area contributed by atoms with Crippen LogP contribution < -0.4 is 5.73 Å². The van der Waals surface area contributed by atoms with E-state index >= 15 is 0 Å². The van der Waals surface area contributed by atoms with Gasteiger partial charge < -0.3 is 5.73 Å². The van der Waals surface area contributed by atoms with Crippen LogP contribution in [0.4, 0.5) is 0 Å². The summed E-state index contributed by atoms with van der Waals surface area (Å²) in [6.07, 6.45) is 3.79. The molecule has 1 heteroatoms. The number of nitrogens with two attached hydrogens (primary N) is 1. The molecule has 0 heterocycles. The normalized spacial score (nSPS) is 35.2. The van der Waals surface area contributed by atoms with E-state index in [4.69, 9.17) is 5.73 Å². The molecule has 11 heavy (non-hydrogen) atoms. The number of rotatable bonds is 0. The van der Waals surface area contributed by atoms with E-state index in [-0.39, 0.29) is 0 Å². The molecule has 0 saturated heterocycles. The first-order chi connectivity index (χ1) is 4.83. The van der Waals surface area contributed by atoms with Crippen LogP contribution in [-0.4, -0.2) is 6.04 Å². The first-order valence-electron chi connectivity index (χ1n) is 4.59. The Hall–Kier alpha value is -0.0400. The second kappa shape index (κ2) is 2.48. The molecule has 1 aliphatic carbocycles. The van der Waals surface area contributed by atoms with Crippen LogP contribution >= 0.6 is 0 Å². The molecule has 0 bridgehead atoms. The fourth-order valence-electron chi connectivity index (χ4n) is 1.82. The van der Waals surface area contributed by atoms with Gasteiger partial charge in [-0.25, -0.2) is 0 Å². The van der Waals surface area contributed by atoms with Crippen LogP contribution in [-0.2, 0) is 0 Å². The van der Waals surface area contributed by atoms with E-state index in [1.165, 1.54) is 19.3 Å². The van der Waals surface area contributed by atoms with Crippen molar-refractivity contribution in [1.29, 1.82) is 0 Å².